The van der Waals surface area contributed by atoms with Gasteiger partial charge in [0.1, 0.15) is 5.82 Å². The molecule has 1 aliphatic heterocycles. The van der Waals surface area contributed by atoms with E-state index in [4.69, 9.17) is 0 Å². The minimum Gasteiger partial charge on any atom is -0.322 e. The Labute approximate surface area is 185 Å². The van der Waals surface area contributed by atoms with Crippen LogP contribution in [0.1, 0.15) is 9.75 Å². The Hall–Kier alpha value is -2.75. The number of hydrogen-bond acceptors (Lipinski definition) is 6. The van der Waals surface area contributed by atoms with E-state index in [1.165, 1.54) is 42.1 Å². The summed E-state index contributed by atoms with van der Waals surface area (Å²) in [6, 6.07) is 13.3. The molecule has 0 unspecified atom stereocenters. The smallest absolute Gasteiger partial charge is 0.267 e. The standard InChI is InChI=1S/C21H16FN3O2S3/c22-14-5-7-15(8-6-14)24-19(26)11-18-20(27)25(13-17-4-2-10-29-17)21(30-18)23-12-16-3-1-9-28-16/h1-11H,12-13H2,(H,24,26). The highest BCUT2D eigenvalue weighted by Gasteiger charge is 2.34. The third-order valence-electron chi connectivity index (χ3n) is 4.11. The maximum absolute atomic E-state index is 13.0. The molecule has 0 bridgehead atoms. The third-order valence-corrected chi connectivity index (χ3v) is 6.87. The van der Waals surface area contributed by atoms with Gasteiger partial charge in [0.2, 0.25) is 5.91 Å². The summed E-state index contributed by atoms with van der Waals surface area (Å²) in [5.41, 5.74) is 0.454. The van der Waals surface area contributed by atoms with Crippen molar-refractivity contribution in [1.29, 1.82) is 0 Å². The molecule has 2 amide bonds. The summed E-state index contributed by atoms with van der Waals surface area (Å²) in [5, 5.41) is 7.16. The van der Waals surface area contributed by atoms with Gasteiger partial charge in [-0.3, -0.25) is 19.5 Å². The first kappa shape index (κ1) is 20.5. The number of halogens is 1. The van der Waals surface area contributed by atoms with E-state index in [1.807, 2.05) is 35.0 Å². The monoisotopic (exact) mass is 457 g/mol. The summed E-state index contributed by atoms with van der Waals surface area (Å²) in [4.78, 5) is 34.0. The van der Waals surface area contributed by atoms with Crippen LogP contribution >= 0.6 is 34.4 Å². The first-order valence-electron chi connectivity index (χ1n) is 8.95. The first-order chi connectivity index (χ1) is 14.6. The van der Waals surface area contributed by atoms with E-state index < -0.39 is 5.91 Å². The second-order valence-electron chi connectivity index (χ2n) is 6.26. The van der Waals surface area contributed by atoms with Crippen molar-refractivity contribution < 1.29 is 14.0 Å². The van der Waals surface area contributed by atoms with Gasteiger partial charge in [0.25, 0.3) is 5.91 Å². The van der Waals surface area contributed by atoms with E-state index in [0.717, 1.165) is 9.75 Å². The fourth-order valence-corrected chi connectivity index (χ4v) is 4.97. The normalized spacial score (nSPS) is 16.6. The van der Waals surface area contributed by atoms with Gasteiger partial charge in [0.05, 0.1) is 18.0 Å². The number of nitrogens with zero attached hydrogens (tertiary/aromatic N) is 2. The molecule has 0 saturated carbocycles. The van der Waals surface area contributed by atoms with Crippen molar-refractivity contribution in [1.82, 2.24) is 4.90 Å². The zero-order valence-corrected chi connectivity index (χ0v) is 18.0. The highest BCUT2D eigenvalue weighted by atomic mass is 32.2. The number of thioether (sulfide) groups is 1. The van der Waals surface area contributed by atoms with Gasteiger partial charge in [0.15, 0.2) is 5.17 Å². The second kappa shape index (κ2) is 9.38. The van der Waals surface area contributed by atoms with Crippen LogP contribution < -0.4 is 5.32 Å². The largest absolute Gasteiger partial charge is 0.322 e. The number of amidine groups is 1. The molecule has 152 valence electrons. The molecule has 2 aromatic heterocycles. The fraction of sp³-hybridized carbons (Fsp3) is 0.0952. The van der Waals surface area contributed by atoms with Gasteiger partial charge in [-0.1, -0.05) is 12.1 Å². The Balaban J connectivity index is 1.53. The van der Waals surface area contributed by atoms with Crippen molar-refractivity contribution >= 4 is 57.1 Å². The van der Waals surface area contributed by atoms with Gasteiger partial charge in [-0.25, -0.2) is 4.39 Å². The number of benzene rings is 1. The topological polar surface area (TPSA) is 61.8 Å². The summed E-state index contributed by atoms with van der Waals surface area (Å²) in [7, 11) is 0. The molecule has 1 aromatic carbocycles. The number of carbonyl (C=O) groups excluding carboxylic acids is 2. The average molecular weight is 458 g/mol. The molecular weight excluding hydrogens is 441 g/mol. The zero-order valence-electron chi connectivity index (χ0n) is 15.6. The summed E-state index contributed by atoms with van der Waals surface area (Å²) >= 11 is 4.35. The van der Waals surface area contributed by atoms with Crippen LogP contribution in [0.15, 0.2) is 75.3 Å². The molecule has 30 heavy (non-hydrogen) atoms. The molecule has 0 radical (unpaired) electrons. The van der Waals surface area contributed by atoms with Crippen LogP contribution in [-0.2, 0) is 22.7 Å². The second-order valence-corrected chi connectivity index (χ2v) is 9.33. The number of thiophene rings is 2. The van der Waals surface area contributed by atoms with Gasteiger partial charge < -0.3 is 5.32 Å². The highest BCUT2D eigenvalue weighted by molar-refractivity contribution is 8.18. The van der Waals surface area contributed by atoms with E-state index in [0.29, 0.717) is 28.8 Å². The lowest BCUT2D eigenvalue weighted by molar-refractivity contribution is -0.123. The number of rotatable bonds is 6. The summed E-state index contributed by atoms with van der Waals surface area (Å²) in [6.45, 7) is 0.882. The SMILES string of the molecule is O=C(C=C1SC(=NCc2cccs2)N(Cc2cccs2)C1=O)Nc1ccc(F)cc1. The Bertz CT molecular complexity index is 1090. The molecule has 3 aromatic rings. The van der Waals surface area contributed by atoms with E-state index in [2.05, 4.69) is 10.3 Å². The average Bonchev–Trinajstić information content (AvgIpc) is 3.48. The lowest BCUT2D eigenvalue weighted by atomic mass is 10.3. The number of amides is 2. The molecule has 1 fully saturated rings. The highest BCUT2D eigenvalue weighted by Crippen LogP contribution is 2.33. The number of carbonyl (C=O) groups is 2. The molecule has 0 aliphatic carbocycles. The molecular formula is C21H16FN3O2S3. The number of nitrogens with one attached hydrogen (secondary N) is 1. The molecule has 0 spiro atoms. The van der Waals surface area contributed by atoms with Crippen LogP contribution in [0.4, 0.5) is 10.1 Å². The molecule has 1 saturated heterocycles. The van der Waals surface area contributed by atoms with Crippen molar-refractivity contribution in [3.05, 3.63) is 85.8 Å². The van der Waals surface area contributed by atoms with E-state index in [1.54, 1.807) is 27.6 Å². The minimum atomic E-state index is -0.451. The zero-order chi connectivity index (χ0) is 20.9. The number of hydrogen-bond donors (Lipinski definition) is 1. The van der Waals surface area contributed by atoms with Gasteiger partial charge >= 0.3 is 0 Å². The van der Waals surface area contributed by atoms with Crippen LogP contribution in [0.5, 0.6) is 0 Å². The van der Waals surface area contributed by atoms with Gasteiger partial charge in [0, 0.05) is 21.5 Å². The van der Waals surface area contributed by atoms with Crippen molar-refractivity contribution in [3.8, 4) is 0 Å². The quantitative estimate of drug-likeness (QED) is 0.524. The Kier molecular flexibility index (Phi) is 6.41. The Morgan fingerprint density at radius 2 is 1.77 bits per heavy atom. The van der Waals surface area contributed by atoms with Crippen molar-refractivity contribution in [2.24, 2.45) is 4.99 Å². The molecule has 1 N–H and O–H groups in total. The molecule has 3 heterocycles. The van der Waals surface area contributed by atoms with Crippen LogP contribution in [0.3, 0.4) is 0 Å². The number of anilines is 1. The lowest BCUT2D eigenvalue weighted by Gasteiger charge is -2.14. The third kappa shape index (κ3) is 5.05. The predicted octanol–water partition coefficient (Wildman–Crippen LogP) is 5.10. The fourth-order valence-electron chi connectivity index (χ4n) is 2.70. The minimum absolute atomic E-state index is 0.257. The predicted molar refractivity (Wildman–Crippen MR) is 121 cm³/mol. The van der Waals surface area contributed by atoms with Crippen LogP contribution in [0, 0.1) is 5.82 Å². The molecule has 4 rings (SSSR count). The van der Waals surface area contributed by atoms with Gasteiger partial charge in [-0.15, -0.1) is 22.7 Å². The Morgan fingerprint density at radius 1 is 1.07 bits per heavy atom. The van der Waals surface area contributed by atoms with E-state index in [9.17, 15) is 14.0 Å². The van der Waals surface area contributed by atoms with Gasteiger partial charge in [-0.05, 0) is 58.9 Å². The number of aliphatic imine (C=N–C) groups is 1. The molecule has 5 nitrogen and oxygen atoms in total. The molecule has 0 atom stereocenters. The maximum atomic E-state index is 13.0. The molecule has 1 aliphatic rings. The molecule has 9 heteroatoms. The van der Waals surface area contributed by atoms with Gasteiger partial charge in [-0.2, -0.15) is 0 Å². The Morgan fingerprint density at radius 3 is 2.43 bits per heavy atom. The van der Waals surface area contributed by atoms with Crippen molar-refractivity contribution in [3.63, 3.8) is 0 Å². The summed E-state index contributed by atoms with van der Waals surface area (Å²) in [6.07, 6.45) is 1.27. The van der Waals surface area contributed by atoms with E-state index in [-0.39, 0.29) is 11.7 Å². The maximum Gasteiger partial charge on any atom is 0.267 e. The summed E-state index contributed by atoms with van der Waals surface area (Å²) < 4.78 is 13.0. The van der Waals surface area contributed by atoms with Crippen LogP contribution in [0.25, 0.3) is 0 Å². The van der Waals surface area contributed by atoms with Crippen molar-refractivity contribution in [2.45, 2.75) is 13.1 Å². The summed E-state index contributed by atoms with van der Waals surface area (Å²) in [5.74, 6) is -1.09. The van der Waals surface area contributed by atoms with Crippen LogP contribution in [0.2, 0.25) is 0 Å². The first-order valence-corrected chi connectivity index (χ1v) is 11.5. The lowest BCUT2D eigenvalue weighted by Crippen LogP contribution is -2.28. The van der Waals surface area contributed by atoms with Crippen LogP contribution in [-0.4, -0.2) is 21.9 Å². The van der Waals surface area contributed by atoms with E-state index >= 15 is 0 Å². The van der Waals surface area contributed by atoms with Crippen molar-refractivity contribution in [2.75, 3.05) is 5.32 Å².